The smallest absolute Gasteiger partial charge is 0.306 e. The Labute approximate surface area is 195 Å². The summed E-state index contributed by atoms with van der Waals surface area (Å²) < 4.78 is 6.92. The van der Waals surface area contributed by atoms with E-state index >= 15 is 0 Å². The first-order valence-electron chi connectivity index (χ1n) is 11.2. The van der Waals surface area contributed by atoms with Crippen LogP contribution < -0.4 is 10.1 Å². The second-order valence-electron chi connectivity index (χ2n) is 8.22. The van der Waals surface area contributed by atoms with Crippen molar-refractivity contribution in [2.75, 3.05) is 6.54 Å². The number of rotatable bonds is 9. The van der Waals surface area contributed by atoms with Crippen molar-refractivity contribution in [1.29, 1.82) is 0 Å². The van der Waals surface area contributed by atoms with Gasteiger partial charge < -0.3 is 15.2 Å². The minimum absolute atomic E-state index is 0.0118. The summed E-state index contributed by atoms with van der Waals surface area (Å²) in [6.07, 6.45) is 3.60. The number of carbonyl (C=O) groups is 3. The Kier molecular flexibility index (Phi) is 7.34. The zero-order valence-electron chi connectivity index (χ0n) is 18.2. The molecule has 0 radical (unpaired) electrons. The predicted molar refractivity (Wildman–Crippen MR) is 126 cm³/mol. The fourth-order valence-corrected chi connectivity index (χ4v) is 4.86. The van der Waals surface area contributed by atoms with E-state index in [0.717, 1.165) is 23.1 Å². The quantitative estimate of drug-likeness (QED) is 0.349. The molecule has 0 unspecified atom stereocenters. The summed E-state index contributed by atoms with van der Waals surface area (Å²) in [5.74, 6) is -0.516. The molecule has 172 valence electrons. The third kappa shape index (κ3) is 5.96. The van der Waals surface area contributed by atoms with Gasteiger partial charge in [-0.25, -0.2) is 4.98 Å². The van der Waals surface area contributed by atoms with Crippen molar-refractivity contribution >= 4 is 39.2 Å². The minimum atomic E-state index is -0.729. The highest BCUT2D eigenvalue weighted by Crippen LogP contribution is 2.28. The first kappa shape index (κ1) is 22.9. The first-order valence-corrected chi connectivity index (χ1v) is 12.0. The number of nitrogens with one attached hydrogen (secondary N) is 1. The van der Waals surface area contributed by atoms with E-state index in [1.54, 1.807) is 24.3 Å². The van der Waals surface area contributed by atoms with Gasteiger partial charge in [0.15, 0.2) is 10.8 Å². The summed E-state index contributed by atoms with van der Waals surface area (Å²) in [5.41, 5.74) is 1.41. The second-order valence-corrected chi connectivity index (χ2v) is 9.25. The number of carbonyl (C=O) groups excluding carboxylic acids is 2. The van der Waals surface area contributed by atoms with Crippen LogP contribution in [-0.4, -0.2) is 40.4 Å². The van der Waals surface area contributed by atoms with E-state index in [2.05, 4.69) is 10.3 Å². The minimum Gasteiger partial charge on any atom is -0.490 e. The Bertz CT molecular complexity index is 1100. The van der Waals surface area contributed by atoms with E-state index < -0.39 is 5.97 Å². The van der Waals surface area contributed by atoms with Gasteiger partial charge in [0, 0.05) is 18.5 Å². The summed E-state index contributed by atoms with van der Waals surface area (Å²) >= 11 is 1.35. The molecule has 8 heteroatoms. The fraction of sp³-hybridized carbons (Fsp3) is 0.360. The molecule has 0 saturated heterocycles. The number of aliphatic carboxylic acids is 1. The Balaban J connectivity index is 1.19. The number of thiazole rings is 1. The largest absolute Gasteiger partial charge is 0.490 e. The molecule has 0 atom stereocenters. The average molecular weight is 467 g/mol. The zero-order chi connectivity index (χ0) is 23.2. The number of carboxylic acids is 1. The van der Waals surface area contributed by atoms with Crippen LogP contribution >= 0.6 is 11.3 Å². The van der Waals surface area contributed by atoms with Gasteiger partial charge in [-0.1, -0.05) is 12.1 Å². The maximum Gasteiger partial charge on any atom is 0.306 e. The highest BCUT2D eigenvalue weighted by atomic mass is 32.1. The van der Waals surface area contributed by atoms with Crippen molar-refractivity contribution < 1.29 is 24.2 Å². The van der Waals surface area contributed by atoms with Gasteiger partial charge in [0.2, 0.25) is 0 Å². The molecule has 3 aromatic rings. The van der Waals surface area contributed by atoms with Crippen LogP contribution in [0.15, 0.2) is 48.5 Å². The van der Waals surface area contributed by atoms with E-state index in [1.165, 1.54) is 11.3 Å². The maximum absolute atomic E-state index is 12.5. The molecule has 1 aromatic heterocycles. The van der Waals surface area contributed by atoms with Crippen molar-refractivity contribution in [3.8, 4) is 5.75 Å². The molecule has 0 bridgehead atoms. The second kappa shape index (κ2) is 10.6. The molecule has 2 N–H and O–H groups in total. The third-order valence-electron chi connectivity index (χ3n) is 5.86. The van der Waals surface area contributed by atoms with E-state index in [-0.39, 0.29) is 23.7 Å². The zero-order valence-corrected chi connectivity index (χ0v) is 19.0. The molecule has 1 aliphatic carbocycles. The lowest BCUT2D eigenvalue weighted by atomic mass is 9.87. The van der Waals surface area contributed by atoms with Crippen molar-refractivity contribution in [2.45, 2.75) is 44.6 Å². The highest BCUT2D eigenvalue weighted by Gasteiger charge is 2.26. The maximum atomic E-state index is 12.5. The molecule has 33 heavy (non-hydrogen) atoms. The number of para-hydroxylation sites is 1. The van der Waals surface area contributed by atoms with Gasteiger partial charge in [-0.3, -0.25) is 14.4 Å². The van der Waals surface area contributed by atoms with Gasteiger partial charge in [-0.05, 0) is 68.5 Å². The van der Waals surface area contributed by atoms with Crippen LogP contribution in [0.25, 0.3) is 10.2 Å². The fourth-order valence-electron chi connectivity index (χ4n) is 3.98. The first-order chi connectivity index (χ1) is 16.0. The van der Waals surface area contributed by atoms with Crippen LogP contribution in [-0.2, 0) is 4.79 Å². The summed E-state index contributed by atoms with van der Waals surface area (Å²) in [7, 11) is 0. The number of Topliss-reactive ketones (excluding diaryl/α,β-unsaturated/α-hetero) is 1. The van der Waals surface area contributed by atoms with E-state index in [0.29, 0.717) is 48.5 Å². The number of aromatic nitrogens is 1. The molecule has 0 aliphatic heterocycles. The topological polar surface area (TPSA) is 106 Å². The Morgan fingerprint density at radius 2 is 1.76 bits per heavy atom. The molecule has 1 saturated carbocycles. The lowest BCUT2D eigenvalue weighted by Crippen LogP contribution is -2.27. The van der Waals surface area contributed by atoms with E-state index in [1.807, 2.05) is 24.3 Å². The monoisotopic (exact) mass is 466 g/mol. The molecule has 2 aromatic carbocycles. The van der Waals surface area contributed by atoms with Crippen molar-refractivity contribution in [3.05, 3.63) is 59.1 Å². The summed E-state index contributed by atoms with van der Waals surface area (Å²) in [6, 6.07) is 14.7. The summed E-state index contributed by atoms with van der Waals surface area (Å²) in [4.78, 5) is 40.1. The number of benzene rings is 2. The lowest BCUT2D eigenvalue weighted by Gasteiger charge is -2.26. The number of ether oxygens (including phenoxy) is 1. The lowest BCUT2D eigenvalue weighted by molar-refractivity contribution is -0.143. The van der Waals surface area contributed by atoms with Crippen LogP contribution in [0.4, 0.5) is 0 Å². The van der Waals surface area contributed by atoms with Gasteiger partial charge in [0.1, 0.15) is 5.75 Å². The highest BCUT2D eigenvalue weighted by molar-refractivity contribution is 7.20. The van der Waals surface area contributed by atoms with Gasteiger partial charge in [-0.2, -0.15) is 0 Å². The summed E-state index contributed by atoms with van der Waals surface area (Å²) in [5, 5.41) is 12.3. The predicted octanol–water partition coefficient (Wildman–Crippen LogP) is 4.71. The van der Waals surface area contributed by atoms with Crippen LogP contribution in [0, 0.1) is 5.92 Å². The normalized spacial score (nSPS) is 18.1. The van der Waals surface area contributed by atoms with Crippen molar-refractivity contribution in [2.24, 2.45) is 5.92 Å². The molecule has 1 aliphatic rings. The number of hydrogen-bond acceptors (Lipinski definition) is 6. The van der Waals surface area contributed by atoms with Crippen molar-refractivity contribution in [3.63, 3.8) is 0 Å². The number of carboxylic acid groups (broad SMARTS) is 1. The molecular weight excluding hydrogens is 440 g/mol. The van der Waals surface area contributed by atoms with Crippen LogP contribution in [0.1, 0.15) is 58.7 Å². The third-order valence-corrected chi connectivity index (χ3v) is 6.89. The molecule has 1 fully saturated rings. The van der Waals surface area contributed by atoms with Crippen LogP contribution in [0.2, 0.25) is 0 Å². The number of ketones is 1. The van der Waals surface area contributed by atoms with Crippen molar-refractivity contribution in [1.82, 2.24) is 10.3 Å². The van der Waals surface area contributed by atoms with Gasteiger partial charge in [0.25, 0.3) is 5.91 Å². The molecule has 4 rings (SSSR count). The number of fused-ring (bicyclic) bond motifs is 1. The Morgan fingerprint density at radius 1 is 1.03 bits per heavy atom. The molecular formula is C25H26N2O5S. The number of nitrogens with zero attached hydrogens (tertiary/aromatic N) is 1. The molecule has 7 nitrogen and oxygen atoms in total. The molecule has 0 spiro atoms. The van der Waals surface area contributed by atoms with Crippen LogP contribution in [0.5, 0.6) is 5.75 Å². The number of hydrogen-bond donors (Lipinski definition) is 2. The van der Waals surface area contributed by atoms with Gasteiger partial charge in [0.05, 0.1) is 22.2 Å². The van der Waals surface area contributed by atoms with Gasteiger partial charge in [-0.15, -0.1) is 11.3 Å². The summed E-state index contributed by atoms with van der Waals surface area (Å²) in [6.45, 7) is 0.403. The average Bonchev–Trinajstić information content (AvgIpc) is 3.27. The van der Waals surface area contributed by atoms with Gasteiger partial charge >= 0.3 is 5.97 Å². The number of amides is 1. The van der Waals surface area contributed by atoms with Crippen LogP contribution in [0.3, 0.4) is 0 Å². The SMILES string of the molecule is O=C(CCCNC(=O)c1nc2ccccc2s1)c1ccc(OC2CCC(C(=O)O)CC2)cc1. The molecule has 1 amide bonds. The Morgan fingerprint density at radius 3 is 2.45 bits per heavy atom. The Hall–Kier alpha value is -3.26. The standard InChI is InChI=1S/C25H26N2O5S/c28-21(5-3-15-26-23(29)24-27-20-4-1-2-6-22(20)33-24)16-7-11-18(12-8-16)32-19-13-9-17(10-14-19)25(30)31/h1-2,4,6-8,11-12,17,19H,3,5,9-10,13-15H2,(H,26,29)(H,30,31). The molecule has 1 heterocycles. The van der Waals surface area contributed by atoms with E-state index in [9.17, 15) is 14.4 Å². The van der Waals surface area contributed by atoms with E-state index in [4.69, 9.17) is 9.84 Å².